The molecule has 3 fully saturated rings. The van der Waals surface area contributed by atoms with Crippen LogP contribution in [0.25, 0.3) is 0 Å². The molecule has 0 amide bonds. The molecule has 0 aromatic rings. The maximum atomic E-state index is 17.6. The number of aliphatic hydroxyl groups is 2. The van der Waals surface area contributed by atoms with Crippen LogP contribution in [0.3, 0.4) is 0 Å². The van der Waals surface area contributed by atoms with Crippen LogP contribution in [0.15, 0.2) is 23.8 Å². The van der Waals surface area contributed by atoms with Gasteiger partial charge in [-0.05, 0) is 57.1 Å². The van der Waals surface area contributed by atoms with Crippen LogP contribution in [-0.4, -0.2) is 135 Å². The SMILES string of the molecule is C[C@]12C=CC(=O)C=C1CCC1C3C[C@@H](O)[C@](OC(=O)CCCON(O)O)(C(=O)COC(=O)COCCOCCON(O)O)[C@@]3(C)C[C@H](O)C12F. The zero-order chi connectivity index (χ0) is 36.9. The third-order valence-electron chi connectivity index (χ3n) is 10.6. The zero-order valence-corrected chi connectivity index (χ0v) is 27.8. The Labute approximate surface area is 286 Å². The van der Waals surface area contributed by atoms with Crippen molar-refractivity contribution in [1.29, 1.82) is 0 Å². The highest BCUT2D eigenvalue weighted by Crippen LogP contribution is 2.70. The molecule has 8 atom stereocenters. The topological polar surface area (TPSA) is 252 Å². The van der Waals surface area contributed by atoms with E-state index in [0.29, 0.717) is 12.0 Å². The Hall–Kier alpha value is -2.79. The van der Waals surface area contributed by atoms with E-state index >= 15 is 4.39 Å². The first-order valence-corrected chi connectivity index (χ1v) is 16.2. The van der Waals surface area contributed by atoms with Crippen molar-refractivity contribution in [2.24, 2.45) is 22.7 Å². The average molecular weight is 721 g/mol. The van der Waals surface area contributed by atoms with Gasteiger partial charge in [-0.15, -0.1) is 0 Å². The van der Waals surface area contributed by atoms with E-state index in [1.807, 2.05) is 0 Å². The molecule has 0 spiro atoms. The van der Waals surface area contributed by atoms with E-state index in [4.69, 9.17) is 39.8 Å². The highest BCUT2D eigenvalue weighted by atomic mass is 19.1. The lowest BCUT2D eigenvalue weighted by atomic mass is 9.44. The first-order chi connectivity index (χ1) is 23.5. The van der Waals surface area contributed by atoms with Gasteiger partial charge in [0.15, 0.2) is 18.1 Å². The van der Waals surface area contributed by atoms with Crippen LogP contribution in [0.5, 0.6) is 0 Å². The van der Waals surface area contributed by atoms with E-state index in [-0.39, 0.29) is 58.1 Å². The third-order valence-corrected chi connectivity index (χ3v) is 10.6. The Kier molecular flexibility index (Phi) is 13.0. The number of hydrogen-bond acceptors (Lipinski definition) is 18. The highest BCUT2D eigenvalue weighted by Gasteiger charge is 2.78. The maximum Gasteiger partial charge on any atom is 0.332 e. The molecule has 0 heterocycles. The molecule has 18 nitrogen and oxygen atoms in total. The molecule has 3 unspecified atom stereocenters. The first-order valence-electron chi connectivity index (χ1n) is 16.2. The molecule has 50 heavy (non-hydrogen) atoms. The number of allylic oxidation sites excluding steroid dienone is 4. The summed E-state index contributed by atoms with van der Waals surface area (Å²) < 4.78 is 38.8. The van der Waals surface area contributed by atoms with E-state index in [1.54, 1.807) is 6.92 Å². The molecule has 4 aliphatic rings. The Balaban J connectivity index is 1.52. The van der Waals surface area contributed by atoms with Gasteiger partial charge in [0.1, 0.15) is 12.7 Å². The van der Waals surface area contributed by atoms with Crippen LogP contribution in [0, 0.1) is 22.7 Å². The number of ketones is 2. The summed E-state index contributed by atoms with van der Waals surface area (Å²) in [5.74, 6) is -5.01. The number of esters is 2. The van der Waals surface area contributed by atoms with Crippen molar-refractivity contribution in [2.75, 3.05) is 46.2 Å². The van der Waals surface area contributed by atoms with E-state index in [9.17, 15) is 29.4 Å². The zero-order valence-electron chi connectivity index (χ0n) is 27.8. The van der Waals surface area contributed by atoms with Crippen molar-refractivity contribution in [1.82, 2.24) is 10.8 Å². The minimum Gasteiger partial charge on any atom is -0.456 e. The number of carbonyl (C=O) groups excluding carboxylic acids is 4. The summed E-state index contributed by atoms with van der Waals surface area (Å²) in [5.41, 5.74) is -7.08. The second kappa shape index (κ2) is 16.3. The first kappa shape index (κ1) is 40.0. The predicted octanol–water partition coefficient (Wildman–Crippen LogP) is 0.560. The van der Waals surface area contributed by atoms with Gasteiger partial charge in [0, 0.05) is 23.2 Å². The number of halogens is 1. The van der Waals surface area contributed by atoms with Crippen LogP contribution < -0.4 is 0 Å². The van der Waals surface area contributed by atoms with Gasteiger partial charge in [0.25, 0.3) is 0 Å². The van der Waals surface area contributed by atoms with E-state index in [1.165, 1.54) is 25.2 Å². The maximum absolute atomic E-state index is 17.6. The standard InChI is InChI=1S/C31H45FN2O16/c1-28-8-7-20(35)14-19(28)5-6-21-22-15-23(36)31(29(22,2)16-24(37)30(21,28)32,50-26(39)4-3-9-48-33(41)42)25(38)17-47-27(40)18-46-11-10-45-12-13-49-34(43)44/h7-8,14,21-24,36-37,41-44H,3-6,9-13,15-18H2,1-2H3/t21?,22?,23-,24+,28+,29+,30?,31+/m1/s1. The molecule has 0 bridgehead atoms. The quantitative estimate of drug-likeness (QED) is 0.0643. The molecular weight excluding hydrogens is 675 g/mol. The Bertz CT molecular complexity index is 1330. The summed E-state index contributed by atoms with van der Waals surface area (Å²) in [6.45, 7) is 0.952. The molecule has 4 rings (SSSR count). The molecule has 19 heteroatoms. The summed E-state index contributed by atoms with van der Waals surface area (Å²) in [6.07, 6.45) is 0.00390. The monoisotopic (exact) mass is 720 g/mol. The molecule has 3 saturated carbocycles. The normalized spacial score (nSPS) is 34.6. The number of hydrogen-bond donors (Lipinski definition) is 6. The average Bonchev–Trinajstić information content (AvgIpc) is 3.26. The van der Waals surface area contributed by atoms with E-state index in [2.05, 4.69) is 9.68 Å². The van der Waals surface area contributed by atoms with Gasteiger partial charge in [-0.2, -0.15) is 0 Å². The van der Waals surface area contributed by atoms with Gasteiger partial charge >= 0.3 is 11.9 Å². The fourth-order valence-electron chi connectivity index (χ4n) is 8.40. The van der Waals surface area contributed by atoms with Crippen molar-refractivity contribution in [2.45, 2.75) is 75.9 Å². The van der Waals surface area contributed by atoms with Crippen LogP contribution in [0.4, 0.5) is 4.39 Å². The molecule has 282 valence electrons. The van der Waals surface area contributed by atoms with E-state index < -0.39 is 101 Å². The molecular formula is C31H45FN2O16. The summed E-state index contributed by atoms with van der Waals surface area (Å²) in [6, 6.07) is 0. The van der Waals surface area contributed by atoms with Crippen molar-refractivity contribution >= 4 is 23.5 Å². The number of ether oxygens (including phenoxy) is 4. The lowest BCUT2D eigenvalue weighted by molar-refractivity contribution is -0.493. The fraction of sp³-hybridized carbons (Fsp3) is 0.742. The lowest BCUT2D eigenvalue weighted by Gasteiger charge is -2.62. The van der Waals surface area contributed by atoms with Crippen molar-refractivity contribution in [3.63, 3.8) is 0 Å². The Morgan fingerprint density at radius 2 is 1.56 bits per heavy atom. The molecule has 0 radical (unpaired) electrons. The number of fused-ring (bicyclic) bond motifs is 5. The van der Waals surface area contributed by atoms with Gasteiger partial charge in [0.2, 0.25) is 11.4 Å². The van der Waals surface area contributed by atoms with Crippen LogP contribution in [0.2, 0.25) is 0 Å². The second-order valence-electron chi connectivity index (χ2n) is 13.3. The molecule has 6 N–H and O–H groups in total. The largest absolute Gasteiger partial charge is 0.456 e. The van der Waals surface area contributed by atoms with Crippen molar-refractivity contribution in [3.05, 3.63) is 23.8 Å². The van der Waals surface area contributed by atoms with Gasteiger partial charge in [-0.1, -0.05) is 18.6 Å². The Morgan fingerprint density at radius 1 is 0.900 bits per heavy atom. The van der Waals surface area contributed by atoms with Gasteiger partial charge in [-0.25, -0.2) is 14.0 Å². The predicted molar refractivity (Wildman–Crippen MR) is 158 cm³/mol. The van der Waals surface area contributed by atoms with Crippen LogP contribution in [-0.2, 0) is 47.8 Å². The molecule has 4 aliphatic carbocycles. The number of rotatable bonds is 18. The number of aliphatic hydroxyl groups excluding tert-OH is 2. The molecule has 0 saturated heterocycles. The summed E-state index contributed by atoms with van der Waals surface area (Å²) >= 11 is 0. The number of alkyl halides is 1. The van der Waals surface area contributed by atoms with Gasteiger partial charge in [0.05, 0.1) is 49.9 Å². The van der Waals surface area contributed by atoms with Crippen LogP contribution >= 0.6 is 0 Å². The summed E-state index contributed by atoms with van der Waals surface area (Å²) in [5, 5.41) is 56.7. The third kappa shape index (κ3) is 7.69. The lowest BCUT2D eigenvalue weighted by Crippen LogP contribution is -2.70. The Morgan fingerprint density at radius 3 is 2.26 bits per heavy atom. The fourth-order valence-corrected chi connectivity index (χ4v) is 8.40. The minimum absolute atomic E-state index is 0.000902. The number of nitrogens with zero attached hydrogens (tertiary/aromatic N) is 2. The molecule has 0 aromatic carbocycles. The smallest absolute Gasteiger partial charge is 0.332 e. The van der Waals surface area contributed by atoms with Crippen LogP contribution in [0.1, 0.15) is 52.4 Å². The summed E-state index contributed by atoms with van der Waals surface area (Å²) in [7, 11) is 0. The molecule has 0 aliphatic heterocycles. The summed E-state index contributed by atoms with van der Waals surface area (Å²) in [4.78, 5) is 60.7. The number of carbonyl (C=O) groups is 4. The number of Topliss-reactive ketones (excluding diaryl/α,β-unsaturated/α-hetero) is 1. The van der Waals surface area contributed by atoms with Gasteiger partial charge in [-0.3, -0.25) is 40.1 Å². The second-order valence-corrected chi connectivity index (χ2v) is 13.3. The van der Waals surface area contributed by atoms with E-state index in [0.717, 1.165) is 0 Å². The van der Waals surface area contributed by atoms with Crippen molar-refractivity contribution < 1.29 is 83.2 Å². The van der Waals surface area contributed by atoms with Crippen molar-refractivity contribution in [3.8, 4) is 0 Å². The minimum atomic E-state index is -2.39. The van der Waals surface area contributed by atoms with Gasteiger partial charge < -0.3 is 29.2 Å². The highest BCUT2D eigenvalue weighted by molar-refractivity contribution is 6.01. The molecule has 0 aromatic heterocycles.